The van der Waals surface area contributed by atoms with Gasteiger partial charge in [-0.3, -0.25) is 4.72 Å². The molecule has 0 amide bonds. The van der Waals surface area contributed by atoms with E-state index in [1.807, 2.05) is 37.3 Å². The van der Waals surface area contributed by atoms with Crippen molar-refractivity contribution in [1.29, 1.82) is 0 Å². The van der Waals surface area contributed by atoms with Crippen LogP contribution in [-0.4, -0.2) is 26.1 Å². The third-order valence-corrected chi connectivity index (χ3v) is 8.81. The number of esters is 1. The number of hydrogen-bond acceptors (Lipinski definition) is 6. The molecule has 12 heteroatoms. The minimum Gasteiger partial charge on any atom is -0.462 e. The van der Waals surface area contributed by atoms with Gasteiger partial charge in [-0.15, -0.1) is 11.3 Å². The number of rotatable bonds is 8. The summed E-state index contributed by atoms with van der Waals surface area (Å²) in [6.45, 7) is 3.92. The first-order chi connectivity index (χ1) is 18.6. The van der Waals surface area contributed by atoms with Gasteiger partial charge in [-0.25, -0.2) is 13.2 Å². The van der Waals surface area contributed by atoms with E-state index >= 15 is 0 Å². The lowest BCUT2D eigenvalue weighted by Gasteiger charge is -2.13. The molecule has 4 aromatic rings. The molecule has 3 N–H and O–H groups in total. The second-order valence-electron chi connectivity index (χ2n) is 8.16. The van der Waals surface area contributed by atoms with E-state index in [-0.39, 0.29) is 27.3 Å². The lowest BCUT2D eigenvalue weighted by Crippen LogP contribution is -2.20. The Morgan fingerprint density at radius 1 is 0.949 bits per heavy atom. The largest absolute Gasteiger partial charge is 0.462 e. The number of thiocarbonyl (C=S) groups is 1. The maximum absolute atomic E-state index is 12.9. The number of aryl methyl sites for hydroxylation is 1. The van der Waals surface area contributed by atoms with Crippen molar-refractivity contribution in [3.63, 3.8) is 0 Å². The average molecular weight is 621 g/mol. The molecule has 0 saturated carbocycles. The molecule has 0 atom stereocenters. The Bertz CT molecular complexity index is 1620. The van der Waals surface area contributed by atoms with Gasteiger partial charge in [-0.2, -0.15) is 0 Å². The first-order valence-electron chi connectivity index (χ1n) is 11.6. The van der Waals surface area contributed by atoms with Crippen LogP contribution >= 0.6 is 46.8 Å². The van der Waals surface area contributed by atoms with Crippen LogP contribution in [-0.2, 0) is 14.8 Å². The Morgan fingerprint density at radius 3 is 2.26 bits per heavy atom. The van der Waals surface area contributed by atoms with E-state index in [2.05, 4.69) is 15.4 Å². The fourth-order valence-corrected chi connectivity index (χ4v) is 6.44. The summed E-state index contributed by atoms with van der Waals surface area (Å²) < 4.78 is 33.4. The molecule has 3 aromatic carbocycles. The number of halogens is 2. The van der Waals surface area contributed by atoms with Crippen LogP contribution in [0.15, 0.2) is 77.7 Å². The zero-order chi connectivity index (χ0) is 28.2. The highest BCUT2D eigenvalue weighted by atomic mass is 35.5. The smallest absolute Gasteiger partial charge is 0.341 e. The Hall–Kier alpha value is -3.15. The van der Waals surface area contributed by atoms with Crippen LogP contribution < -0.4 is 15.4 Å². The van der Waals surface area contributed by atoms with Gasteiger partial charge in [0.15, 0.2) is 5.11 Å². The van der Waals surface area contributed by atoms with E-state index in [0.717, 1.165) is 16.0 Å². The van der Waals surface area contributed by atoms with Gasteiger partial charge < -0.3 is 15.4 Å². The third kappa shape index (κ3) is 6.90. The molecule has 0 aliphatic carbocycles. The van der Waals surface area contributed by atoms with Gasteiger partial charge in [-0.05, 0) is 74.1 Å². The number of benzene rings is 3. The van der Waals surface area contributed by atoms with Crippen LogP contribution in [0.1, 0.15) is 22.2 Å². The summed E-state index contributed by atoms with van der Waals surface area (Å²) >= 11 is 18.8. The molecule has 0 saturated heterocycles. The van der Waals surface area contributed by atoms with Gasteiger partial charge in [0.1, 0.15) is 10.6 Å². The van der Waals surface area contributed by atoms with Gasteiger partial charge in [0, 0.05) is 16.1 Å². The zero-order valence-corrected chi connectivity index (χ0v) is 24.7. The lowest BCUT2D eigenvalue weighted by molar-refractivity contribution is 0.0529. The van der Waals surface area contributed by atoms with Crippen molar-refractivity contribution in [1.82, 2.24) is 0 Å². The summed E-state index contributed by atoms with van der Waals surface area (Å²) in [6.07, 6.45) is 0. The zero-order valence-electron chi connectivity index (χ0n) is 20.7. The fraction of sp³-hybridized carbons (Fsp3) is 0.111. The standard InChI is InChI=1S/C27H23Cl2N3O4S3/c1-3-36-26(33)24-23(17-7-5-4-6-8-17)16(2)38-25(24)31-27(37)30-18-9-12-20(13-10-18)39(34,35)32-19-11-14-21(28)22(29)15-19/h4-15,32H,3H2,1-2H3,(H2,30,31,37). The number of ether oxygens (including phenoxy) is 1. The number of hydrogen-bond donors (Lipinski definition) is 3. The highest BCUT2D eigenvalue weighted by Gasteiger charge is 2.25. The first-order valence-corrected chi connectivity index (χ1v) is 15.1. The van der Waals surface area contributed by atoms with E-state index in [9.17, 15) is 13.2 Å². The van der Waals surface area contributed by atoms with E-state index in [4.69, 9.17) is 40.2 Å². The lowest BCUT2D eigenvalue weighted by atomic mass is 10.0. The van der Waals surface area contributed by atoms with Crippen LogP contribution in [0.25, 0.3) is 11.1 Å². The number of nitrogens with one attached hydrogen (secondary N) is 3. The van der Waals surface area contributed by atoms with Crippen molar-refractivity contribution in [2.24, 2.45) is 0 Å². The Balaban J connectivity index is 1.51. The summed E-state index contributed by atoms with van der Waals surface area (Å²) in [5.74, 6) is -0.449. The molecule has 1 heterocycles. The number of carbonyl (C=O) groups is 1. The summed E-state index contributed by atoms with van der Waals surface area (Å²) in [4.78, 5) is 13.9. The van der Waals surface area contributed by atoms with Crippen molar-refractivity contribution >= 4 is 84.2 Å². The number of sulfonamides is 1. The van der Waals surface area contributed by atoms with E-state index in [0.29, 0.717) is 21.3 Å². The predicted molar refractivity (Wildman–Crippen MR) is 164 cm³/mol. The normalized spacial score (nSPS) is 11.1. The van der Waals surface area contributed by atoms with E-state index in [1.54, 1.807) is 19.1 Å². The van der Waals surface area contributed by atoms with Crippen LogP contribution in [0.3, 0.4) is 0 Å². The molecule has 0 aliphatic rings. The molecule has 202 valence electrons. The highest BCUT2D eigenvalue weighted by molar-refractivity contribution is 7.92. The molecule has 0 spiro atoms. The van der Waals surface area contributed by atoms with Crippen LogP contribution in [0.2, 0.25) is 10.0 Å². The molecule has 0 unspecified atom stereocenters. The summed E-state index contributed by atoms with van der Waals surface area (Å²) in [5, 5.41) is 7.46. The number of carbonyl (C=O) groups excluding carboxylic acids is 1. The second kappa shape index (κ2) is 12.4. The monoisotopic (exact) mass is 619 g/mol. The van der Waals surface area contributed by atoms with E-state index in [1.165, 1.54) is 41.7 Å². The topological polar surface area (TPSA) is 96.5 Å². The fourth-order valence-electron chi connectivity index (χ4n) is 3.74. The molecule has 0 bridgehead atoms. The number of anilines is 3. The average Bonchev–Trinajstić information content (AvgIpc) is 3.22. The van der Waals surface area contributed by atoms with Gasteiger partial charge in [0.2, 0.25) is 0 Å². The van der Waals surface area contributed by atoms with Crippen molar-refractivity contribution in [3.8, 4) is 11.1 Å². The predicted octanol–water partition coefficient (Wildman–Crippen LogP) is 7.82. The van der Waals surface area contributed by atoms with Gasteiger partial charge >= 0.3 is 5.97 Å². The Labute approximate surface area is 246 Å². The summed E-state index contributed by atoms with van der Waals surface area (Å²) in [7, 11) is -3.86. The maximum atomic E-state index is 12.9. The third-order valence-electron chi connectivity index (χ3n) is 5.45. The molecule has 0 aliphatic heterocycles. The number of thiophene rings is 1. The SMILES string of the molecule is CCOC(=O)c1c(NC(=S)Nc2ccc(S(=O)(=O)Nc3ccc(Cl)c(Cl)c3)cc2)sc(C)c1-c1ccccc1. The molecular formula is C27H23Cl2N3O4S3. The molecule has 0 radical (unpaired) electrons. The van der Waals surface area contributed by atoms with Gasteiger partial charge in [0.25, 0.3) is 10.0 Å². The molecule has 1 aromatic heterocycles. The molecule has 4 rings (SSSR count). The summed E-state index contributed by atoms with van der Waals surface area (Å²) in [6, 6.07) is 20.1. The summed E-state index contributed by atoms with van der Waals surface area (Å²) in [5.41, 5.74) is 2.93. The molecule has 7 nitrogen and oxygen atoms in total. The first kappa shape index (κ1) is 28.8. The van der Waals surface area contributed by atoms with Crippen molar-refractivity contribution in [3.05, 3.63) is 93.3 Å². The van der Waals surface area contributed by atoms with Crippen LogP contribution in [0, 0.1) is 6.92 Å². The van der Waals surface area contributed by atoms with Crippen LogP contribution in [0.5, 0.6) is 0 Å². The highest BCUT2D eigenvalue weighted by Crippen LogP contribution is 2.40. The van der Waals surface area contributed by atoms with Gasteiger partial charge in [0.05, 0.1) is 27.2 Å². The van der Waals surface area contributed by atoms with Gasteiger partial charge in [-0.1, -0.05) is 53.5 Å². The Morgan fingerprint density at radius 2 is 1.62 bits per heavy atom. The van der Waals surface area contributed by atoms with Crippen LogP contribution in [0.4, 0.5) is 16.4 Å². The second-order valence-corrected chi connectivity index (χ2v) is 12.3. The van der Waals surface area contributed by atoms with Crippen molar-refractivity contribution < 1.29 is 17.9 Å². The maximum Gasteiger partial charge on any atom is 0.341 e. The molecule has 39 heavy (non-hydrogen) atoms. The molecule has 0 fully saturated rings. The minimum atomic E-state index is -3.86. The Kier molecular flexibility index (Phi) is 9.14. The molecular weight excluding hydrogens is 597 g/mol. The minimum absolute atomic E-state index is 0.0454. The quantitative estimate of drug-likeness (QED) is 0.137. The van der Waals surface area contributed by atoms with Crippen molar-refractivity contribution in [2.45, 2.75) is 18.7 Å². The van der Waals surface area contributed by atoms with Crippen molar-refractivity contribution in [2.75, 3.05) is 22.0 Å². The van der Waals surface area contributed by atoms with E-state index < -0.39 is 16.0 Å².